The minimum absolute atomic E-state index is 0.0570. The first-order valence-corrected chi connectivity index (χ1v) is 20.7. The van der Waals surface area contributed by atoms with E-state index in [4.69, 9.17) is 0 Å². The van der Waals surface area contributed by atoms with Gasteiger partial charge in [0.1, 0.15) is 0 Å². The van der Waals surface area contributed by atoms with Gasteiger partial charge in [-0.25, -0.2) is 0 Å². The number of hydrogen-bond acceptors (Lipinski definition) is 1. The molecule has 2 unspecified atom stereocenters. The zero-order valence-electron chi connectivity index (χ0n) is 29.6. The summed E-state index contributed by atoms with van der Waals surface area (Å²) < 4.78 is 1.51. The fourth-order valence-electron chi connectivity index (χ4n) is 8.67. The Labute approximate surface area is 288 Å². The number of thiophene rings is 1. The van der Waals surface area contributed by atoms with E-state index < -0.39 is 15.5 Å². The minimum Gasteiger partial charge on any atom is -0.139 e. The van der Waals surface area contributed by atoms with Crippen molar-refractivity contribution in [1.29, 1.82) is 0 Å². The molecule has 1 fully saturated rings. The summed E-state index contributed by atoms with van der Waals surface area (Å²) in [5.74, 6) is 0. The highest BCUT2D eigenvalue weighted by molar-refractivity contribution is 7.77. The van der Waals surface area contributed by atoms with Crippen LogP contribution in [0, 0.1) is 45.4 Å². The Morgan fingerprint density at radius 2 is 1.26 bits per heavy atom. The SMILES string of the molecule is C/C(=C(/c1c(C)sc2c3ccccc3p(-c3ccccc3)c12)C1(C)CCCC1(C)C)P(c1cc(C)cc(C)c1)c1cc(C)cc(C)c1. The Morgan fingerprint density at radius 1 is 0.702 bits per heavy atom. The van der Waals surface area contributed by atoms with E-state index in [1.54, 1.807) is 21.6 Å². The van der Waals surface area contributed by atoms with Crippen molar-refractivity contribution in [2.24, 2.45) is 10.8 Å². The van der Waals surface area contributed by atoms with Crippen LogP contribution in [0.3, 0.4) is 0 Å². The Morgan fingerprint density at radius 3 is 1.81 bits per heavy atom. The number of aryl methyl sites for hydroxylation is 5. The second-order valence-corrected chi connectivity index (χ2v) is 20.7. The van der Waals surface area contributed by atoms with Gasteiger partial charge in [-0.05, 0) is 106 Å². The lowest BCUT2D eigenvalue weighted by atomic mass is 9.63. The second-order valence-electron chi connectivity index (χ2n) is 15.0. The summed E-state index contributed by atoms with van der Waals surface area (Å²) in [6.07, 6.45) is 3.78. The first-order chi connectivity index (χ1) is 22.4. The van der Waals surface area contributed by atoms with Crippen LogP contribution in [0.2, 0.25) is 0 Å². The summed E-state index contributed by atoms with van der Waals surface area (Å²) in [5, 5.41) is 10.6. The molecule has 47 heavy (non-hydrogen) atoms. The molecule has 4 aromatic carbocycles. The van der Waals surface area contributed by atoms with E-state index in [2.05, 4.69) is 165 Å². The van der Waals surface area contributed by atoms with Crippen LogP contribution >= 0.6 is 26.8 Å². The first-order valence-electron chi connectivity index (χ1n) is 17.2. The van der Waals surface area contributed by atoms with Gasteiger partial charge in [0, 0.05) is 30.8 Å². The maximum absolute atomic E-state index is 2.63. The second kappa shape index (κ2) is 12.2. The van der Waals surface area contributed by atoms with Crippen molar-refractivity contribution < 1.29 is 0 Å². The minimum atomic E-state index is -0.765. The van der Waals surface area contributed by atoms with E-state index in [9.17, 15) is 0 Å². The lowest BCUT2D eigenvalue weighted by Gasteiger charge is -2.43. The van der Waals surface area contributed by atoms with Crippen LogP contribution in [0.4, 0.5) is 0 Å². The molecule has 2 heterocycles. The summed E-state index contributed by atoms with van der Waals surface area (Å²) in [5.41, 5.74) is 8.90. The van der Waals surface area contributed by atoms with Crippen molar-refractivity contribution in [3.63, 3.8) is 0 Å². The third-order valence-corrected chi connectivity index (χ3v) is 17.4. The third-order valence-electron chi connectivity index (χ3n) is 11.1. The van der Waals surface area contributed by atoms with Gasteiger partial charge in [0.25, 0.3) is 0 Å². The normalized spacial score (nSPS) is 18.8. The fraction of sp³-hybridized carbons (Fsp3) is 0.318. The highest BCUT2D eigenvalue weighted by atomic mass is 32.1. The summed E-state index contributed by atoms with van der Waals surface area (Å²) in [4.78, 5) is 1.49. The average molecular weight is 671 g/mol. The highest BCUT2D eigenvalue weighted by Crippen LogP contribution is 2.67. The predicted octanol–water partition coefficient (Wildman–Crippen LogP) is 13.7. The molecule has 3 heteroatoms. The summed E-state index contributed by atoms with van der Waals surface area (Å²) in [6.45, 7) is 21.8. The van der Waals surface area contributed by atoms with Crippen molar-refractivity contribution in [2.45, 2.75) is 81.6 Å². The molecule has 0 amide bonds. The molecule has 0 bridgehead atoms. The smallest absolute Gasteiger partial charge is 0.0476 e. The molecule has 2 aromatic heterocycles. The molecule has 1 aliphatic rings. The fourth-order valence-corrected chi connectivity index (χ4v) is 16.1. The summed E-state index contributed by atoms with van der Waals surface area (Å²) in [7, 11) is -1.43. The van der Waals surface area contributed by atoms with Gasteiger partial charge in [0.2, 0.25) is 0 Å². The molecule has 7 rings (SSSR count). The standard InChI is InChI=1S/C44H48P2S/c1-28-22-29(2)25-35(24-28)45(36-26-30(3)23-31(4)27-36)32(5)40(44(9)21-15-20-43(44,7)8)39-33(6)47-42-37-18-13-14-19-38(37)46(41(39)42)34-16-11-10-12-17-34/h10-14,16-19,22-27H,15,20-21H2,1-9H3/b40-32+. The number of fused-ring (bicyclic) bond motifs is 3. The molecule has 240 valence electrons. The monoisotopic (exact) mass is 670 g/mol. The van der Waals surface area contributed by atoms with E-state index in [1.807, 2.05) is 0 Å². The van der Waals surface area contributed by atoms with Gasteiger partial charge in [0.05, 0.1) is 0 Å². The maximum Gasteiger partial charge on any atom is 0.0476 e. The van der Waals surface area contributed by atoms with Crippen molar-refractivity contribution in [3.8, 4) is 5.30 Å². The van der Waals surface area contributed by atoms with Gasteiger partial charge < -0.3 is 0 Å². The Kier molecular flexibility index (Phi) is 8.45. The Balaban J connectivity index is 1.66. The van der Waals surface area contributed by atoms with Gasteiger partial charge >= 0.3 is 0 Å². The molecule has 0 saturated heterocycles. The van der Waals surface area contributed by atoms with E-state index in [1.165, 1.54) is 77.5 Å². The number of hydrogen-bond donors (Lipinski definition) is 0. The molecule has 0 N–H and O–H groups in total. The van der Waals surface area contributed by atoms with Crippen LogP contribution < -0.4 is 10.6 Å². The molecule has 0 radical (unpaired) electrons. The zero-order valence-corrected chi connectivity index (χ0v) is 32.2. The van der Waals surface area contributed by atoms with Gasteiger partial charge in [-0.2, -0.15) is 0 Å². The highest BCUT2D eigenvalue weighted by Gasteiger charge is 2.50. The molecular weight excluding hydrogens is 622 g/mol. The third kappa shape index (κ3) is 5.48. The Hall–Kier alpha value is -2.95. The van der Waals surface area contributed by atoms with Gasteiger partial charge in [-0.3, -0.25) is 0 Å². The van der Waals surface area contributed by atoms with Gasteiger partial charge in [-0.1, -0.05) is 142 Å². The molecule has 1 aliphatic carbocycles. The lowest BCUT2D eigenvalue weighted by molar-refractivity contribution is 0.204. The quantitative estimate of drug-likeness (QED) is 0.155. The average Bonchev–Trinajstić information content (AvgIpc) is 3.60. The van der Waals surface area contributed by atoms with Crippen LogP contribution in [-0.4, -0.2) is 0 Å². The van der Waals surface area contributed by atoms with E-state index in [0.717, 1.165) is 0 Å². The Bertz CT molecular complexity index is 2080. The van der Waals surface area contributed by atoms with Gasteiger partial charge in [-0.15, -0.1) is 11.3 Å². The van der Waals surface area contributed by atoms with E-state index in [-0.39, 0.29) is 10.8 Å². The first kappa shape index (κ1) is 32.6. The lowest BCUT2D eigenvalue weighted by Crippen LogP contribution is -2.32. The molecule has 0 nitrogen and oxygen atoms in total. The number of rotatable bonds is 6. The summed E-state index contributed by atoms with van der Waals surface area (Å²) in [6, 6.07) is 35.3. The molecule has 6 aromatic rings. The molecule has 0 aliphatic heterocycles. The largest absolute Gasteiger partial charge is 0.139 e. The topological polar surface area (TPSA) is 0 Å². The van der Waals surface area contributed by atoms with Crippen molar-refractivity contribution >= 4 is 63.3 Å². The molecular formula is C44H48P2S. The van der Waals surface area contributed by atoms with E-state index >= 15 is 0 Å². The van der Waals surface area contributed by atoms with Crippen molar-refractivity contribution in [3.05, 3.63) is 129 Å². The number of benzene rings is 4. The van der Waals surface area contributed by atoms with Crippen molar-refractivity contribution in [2.75, 3.05) is 0 Å². The summed E-state index contributed by atoms with van der Waals surface area (Å²) >= 11 is 2.05. The molecule has 0 spiro atoms. The van der Waals surface area contributed by atoms with E-state index in [0.29, 0.717) is 0 Å². The molecule has 1 saturated carbocycles. The van der Waals surface area contributed by atoms with Gasteiger partial charge in [0.15, 0.2) is 0 Å². The predicted molar refractivity (Wildman–Crippen MR) is 214 cm³/mol. The maximum atomic E-state index is 2.63. The van der Waals surface area contributed by atoms with Crippen molar-refractivity contribution in [1.82, 2.24) is 0 Å². The van der Waals surface area contributed by atoms with Crippen LogP contribution in [0.15, 0.2) is 96.3 Å². The van der Waals surface area contributed by atoms with Crippen LogP contribution in [0.25, 0.3) is 31.2 Å². The van der Waals surface area contributed by atoms with Crippen LogP contribution in [-0.2, 0) is 0 Å². The van der Waals surface area contributed by atoms with Crippen LogP contribution in [0.1, 0.15) is 79.7 Å². The zero-order chi connectivity index (χ0) is 33.2. The van der Waals surface area contributed by atoms with Crippen LogP contribution in [0.5, 0.6) is 0 Å². The number of allylic oxidation sites excluding steroid dienone is 2. The molecule has 2 atom stereocenters.